The Labute approximate surface area is 345 Å². The molecule has 0 radical (unpaired) electrons. The zero-order valence-corrected chi connectivity index (χ0v) is 33.8. The fourth-order valence-electron chi connectivity index (χ4n) is 6.70. The Hall–Kier alpha value is -5.37. The molecule has 7 rings (SSSR count). The normalized spacial score (nSPS) is 17.6. The van der Waals surface area contributed by atoms with Gasteiger partial charge in [0, 0.05) is 23.2 Å². The summed E-state index contributed by atoms with van der Waals surface area (Å²) in [4.78, 5) is 44.2. The SMILES string of the molecule is COc1ccc(C(OC[C@H]2O[C@@H](n3ccc(NC(=O)c4ccccc4)nc3=O)C[C@@H]2OP([O-])(=S)Oc2ccc(Cl)cc2)(c2ccccc2)c2ccc(OC)cc2)cc1. The number of carbonyl (C=O) groups is 1. The molecular weight excluding hydrogens is 801 g/mol. The maximum absolute atomic E-state index is 13.8. The van der Waals surface area contributed by atoms with Gasteiger partial charge in [-0.05, 0) is 95.2 Å². The fourth-order valence-corrected chi connectivity index (χ4v) is 8.40. The van der Waals surface area contributed by atoms with Crippen LogP contribution in [0.15, 0.2) is 151 Å². The average Bonchev–Trinajstić information content (AvgIpc) is 3.63. The van der Waals surface area contributed by atoms with Crippen molar-refractivity contribution in [3.63, 3.8) is 0 Å². The van der Waals surface area contributed by atoms with Crippen molar-refractivity contribution in [1.29, 1.82) is 0 Å². The van der Waals surface area contributed by atoms with Crippen molar-refractivity contribution >= 4 is 41.9 Å². The summed E-state index contributed by atoms with van der Waals surface area (Å²) in [6, 6.07) is 41.0. The van der Waals surface area contributed by atoms with Crippen LogP contribution in [0.3, 0.4) is 0 Å². The van der Waals surface area contributed by atoms with E-state index in [1.807, 2.05) is 78.9 Å². The van der Waals surface area contributed by atoms with Gasteiger partial charge in [0.1, 0.15) is 41.0 Å². The van der Waals surface area contributed by atoms with E-state index < -0.39 is 42.4 Å². The molecular formula is C43H38ClN3O9PS-. The van der Waals surface area contributed by atoms with E-state index in [-0.39, 0.29) is 24.6 Å². The third-order valence-electron chi connectivity index (χ3n) is 9.53. The molecule has 1 fully saturated rings. The fraction of sp³-hybridized carbons (Fsp3) is 0.186. The van der Waals surface area contributed by atoms with E-state index >= 15 is 0 Å². The van der Waals surface area contributed by atoms with E-state index in [1.165, 1.54) is 29.0 Å². The van der Waals surface area contributed by atoms with Crippen molar-refractivity contribution in [2.24, 2.45) is 0 Å². The highest BCUT2D eigenvalue weighted by atomic mass is 35.5. The zero-order chi connectivity index (χ0) is 40.7. The smallest absolute Gasteiger partial charge is 0.351 e. The Bertz CT molecular complexity index is 2380. The van der Waals surface area contributed by atoms with Gasteiger partial charge in [-0.25, -0.2) is 4.79 Å². The summed E-state index contributed by atoms with van der Waals surface area (Å²) in [5.74, 6) is 1.14. The summed E-state index contributed by atoms with van der Waals surface area (Å²) < 4.78 is 37.6. The van der Waals surface area contributed by atoms with Gasteiger partial charge >= 0.3 is 5.69 Å². The van der Waals surface area contributed by atoms with Crippen LogP contribution in [0.4, 0.5) is 5.82 Å². The number of carbonyl (C=O) groups excluding carboxylic acids is 1. The number of nitrogens with one attached hydrogen (secondary N) is 1. The van der Waals surface area contributed by atoms with Crippen LogP contribution in [-0.4, -0.2) is 48.5 Å². The molecule has 0 aliphatic carbocycles. The molecule has 12 nitrogen and oxygen atoms in total. The van der Waals surface area contributed by atoms with Gasteiger partial charge in [-0.3, -0.25) is 9.36 Å². The van der Waals surface area contributed by atoms with E-state index in [9.17, 15) is 14.5 Å². The lowest BCUT2D eigenvalue weighted by Gasteiger charge is -2.38. The van der Waals surface area contributed by atoms with Crippen molar-refractivity contribution in [3.05, 3.63) is 183 Å². The number of hydrogen-bond acceptors (Lipinski definition) is 11. The highest BCUT2D eigenvalue weighted by molar-refractivity contribution is 8.06. The number of ether oxygens (including phenoxy) is 4. The molecule has 0 bridgehead atoms. The molecule has 1 unspecified atom stereocenters. The number of halogens is 1. The number of nitrogens with zero attached hydrogens (tertiary/aromatic N) is 2. The molecule has 2 heterocycles. The second-order valence-electron chi connectivity index (χ2n) is 13.1. The summed E-state index contributed by atoms with van der Waals surface area (Å²) >= 11 is 11.4. The third-order valence-corrected chi connectivity index (χ3v) is 11.2. The lowest BCUT2D eigenvalue weighted by atomic mass is 9.80. The van der Waals surface area contributed by atoms with E-state index in [1.54, 1.807) is 56.7 Å². The first-order chi connectivity index (χ1) is 28.1. The van der Waals surface area contributed by atoms with Crippen LogP contribution in [0, 0.1) is 0 Å². The molecule has 5 aromatic carbocycles. The van der Waals surface area contributed by atoms with Crippen LogP contribution in [0.1, 0.15) is 39.7 Å². The van der Waals surface area contributed by atoms with Crippen LogP contribution in [0.25, 0.3) is 0 Å². The average molecular weight is 839 g/mol. The van der Waals surface area contributed by atoms with Crippen LogP contribution in [0.2, 0.25) is 5.02 Å². The lowest BCUT2D eigenvalue weighted by molar-refractivity contribution is -0.205. The molecule has 1 aromatic heterocycles. The minimum absolute atomic E-state index is 0.0132. The molecule has 1 N–H and O–H groups in total. The van der Waals surface area contributed by atoms with Crippen LogP contribution >= 0.6 is 18.3 Å². The first-order valence-electron chi connectivity index (χ1n) is 18.1. The summed E-state index contributed by atoms with van der Waals surface area (Å²) in [7, 11) is 3.19. The molecule has 1 saturated heterocycles. The van der Waals surface area contributed by atoms with E-state index in [0.717, 1.165) is 16.7 Å². The number of benzene rings is 5. The highest BCUT2D eigenvalue weighted by Crippen LogP contribution is 2.47. The van der Waals surface area contributed by atoms with Gasteiger partial charge in [0.05, 0.1) is 26.9 Å². The molecule has 0 spiro atoms. The Morgan fingerprint density at radius 2 is 1.40 bits per heavy atom. The Morgan fingerprint density at radius 3 is 1.97 bits per heavy atom. The van der Waals surface area contributed by atoms with Gasteiger partial charge in [-0.2, -0.15) is 4.98 Å². The maximum atomic E-state index is 13.8. The number of methoxy groups -OCH3 is 2. The predicted molar refractivity (Wildman–Crippen MR) is 221 cm³/mol. The van der Waals surface area contributed by atoms with Gasteiger partial charge in [0.2, 0.25) is 0 Å². The topological polar surface area (TPSA) is 142 Å². The standard InChI is InChI=1S/C43H39ClN3O9PS/c1-51-34-19-13-31(14-20-34)43(30-11-7-4-8-12-30,32-15-21-35(52-2)22-16-32)53-28-38-37(56-57(50,58)55-36-23-17-33(44)18-24-36)27-40(54-38)47-26-25-39(46-42(47)49)45-41(48)29-9-5-3-6-10-29/h3-26,37-38,40H,27-28H2,1-2H3,(H,50,58)(H,45,46,48,49)/p-1/t37-,38+,40+,57?/m0/s1. The van der Waals surface area contributed by atoms with Gasteiger partial charge < -0.3 is 38.2 Å². The Balaban J connectivity index is 1.23. The van der Waals surface area contributed by atoms with Crippen molar-refractivity contribution in [2.45, 2.75) is 30.5 Å². The molecule has 15 heteroatoms. The predicted octanol–water partition coefficient (Wildman–Crippen LogP) is 7.51. The Morgan fingerprint density at radius 1 is 0.845 bits per heavy atom. The van der Waals surface area contributed by atoms with Crippen molar-refractivity contribution in [2.75, 3.05) is 26.1 Å². The summed E-state index contributed by atoms with van der Waals surface area (Å²) in [5, 5.41) is 3.11. The van der Waals surface area contributed by atoms with Crippen molar-refractivity contribution < 1.29 is 37.7 Å². The van der Waals surface area contributed by atoms with Gasteiger partial charge in [-0.1, -0.05) is 84.4 Å². The molecule has 298 valence electrons. The van der Waals surface area contributed by atoms with E-state index in [2.05, 4.69) is 10.3 Å². The minimum atomic E-state index is -4.23. The van der Waals surface area contributed by atoms with Crippen molar-refractivity contribution in [1.82, 2.24) is 9.55 Å². The summed E-state index contributed by atoms with van der Waals surface area (Å²) in [6.07, 6.45) is -1.43. The molecule has 1 amide bonds. The number of hydrogen-bond donors (Lipinski definition) is 1. The first-order valence-corrected chi connectivity index (χ1v) is 21.0. The zero-order valence-electron chi connectivity index (χ0n) is 31.3. The summed E-state index contributed by atoms with van der Waals surface area (Å²) in [6.45, 7) is -4.37. The van der Waals surface area contributed by atoms with Crippen LogP contribution < -0.4 is 29.9 Å². The van der Waals surface area contributed by atoms with Gasteiger partial charge in [-0.15, -0.1) is 0 Å². The molecule has 1 aliphatic heterocycles. The largest absolute Gasteiger partial charge is 0.770 e. The number of rotatable bonds is 15. The molecule has 1 aliphatic rings. The summed E-state index contributed by atoms with van der Waals surface area (Å²) in [5.41, 5.74) is 0.799. The van der Waals surface area contributed by atoms with Gasteiger partial charge in [0.25, 0.3) is 5.91 Å². The number of aromatic nitrogens is 2. The first kappa shape index (κ1) is 40.8. The van der Waals surface area contributed by atoms with Crippen LogP contribution in [-0.2, 0) is 31.4 Å². The molecule has 0 saturated carbocycles. The quantitative estimate of drug-likeness (QED) is 0.0811. The Kier molecular flexibility index (Phi) is 12.7. The monoisotopic (exact) mass is 838 g/mol. The van der Waals surface area contributed by atoms with E-state index in [4.69, 9.17) is 51.4 Å². The second-order valence-corrected chi connectivity index (χ2v) is 16.2. The minimum Gasteiger partial charge on any atom is -0.770 e. The third kappa shape index (κ3) is 9.33. The molecule has 4 atom stereocenters. The van der Waals surface area contributed by atoms with Crippen LogP contribution in [0.5, 0.6) is 17.2 Å². The van der Waals surface area contributed by atoms with Crippen molar-refractivity contribution in [3.8, 4) is 17.2 Å². The number of amides is 1. The molecule has 6 aromatic rings. The van der Waals surface area contributed by atoms with E-state index in [0.29, 0.717) is 22.1 Å². The van der Waals surface area contributed by atoms with Gasteiger partial charge in [0.15, 0.2) is 6.72 Å². The highest BCUT2D eigenvalue weighted by Gasteiger charge is 2.44. The lowest BCUT2D eigenvalue weighted by Crippen LogP contribution is -2.39. The molecule has 58 heavy (non-hydrogen) atoms. The maximum Gasteiger partial charge on any atom is 0.351 e. The number of anilines is 1. The second kappa shape index (κ2) is 18.0.